The molecular weight excluding hydrogens is 242 g/mol. The van der Waals surface area contributed by atoms with Gasteiger partial charge in [0.25, 0.3) is 0 Å². The standard InChI is InChI=1S/C15H23NO3/c1-9(2)11-6-5-10(3)14(15(11)19-4)12(16)7-8-13(17)18/h5-6,9,12H,7-8,16H2,1-4H3,(H,17,18). The second-order valence-electron chi connectivity index (χ2n) is 5.11. The van der Waals surface area contributed by atoms with E-state index in [9.17, 15) is 4.79 Å². The lowest BCUT2D eigenvalue weighted by Crippen LogP contribution is -2.16. The Hall–Kier alpha value is -1.55. The molecule has 0 saturated carbocycles. The van der Waals surface area contributed by atoms with Crippen LogP contribution in [0.2, 0.25) is 0 Å². The molecule has 1 atom stereocenters. The molecule has 106 valence electrons. The third-order valence-corrected chi connectivity index (χ3v) is 3.31. The first-order valence-electron chi connectivity index (χ1n) is 6.53. The largest absolute Gasteiger partial charge is 0.496 e. The zero-order valence-corrected chi connectivity index (χ0v) is 12.1. The van der Waals surface area contributed by atoms with Crippen molar-refractivity contribution in [1.82, 2.24) is 0 Å². The first kappa shape index (κ1) is 15.5. The van der Waals surface area contributed by atoms with Crippen molar-refractivity contribution >= 4 is 5.97 Å². The van der Waals surface area contributed by atoms with Gasteiger partial charge in [-0.2, -0.15) is 0 Å². The number of carbonyl (C=O) groups is 1. The molecule has 0 aliphatic heterocycles. The fourth-order valence-corrected chi connectivity index (χ4v) is 2.28. The first-order valence-corrected chi connectivity index (χ1v) is 6.53. The number of benzene rings is 1. The zero-order valence-electron chi connectivity index (χ0n) is 12.1. The van der Waals surface area contributed by atoms with E-state index in [1.54, 1.807) is 7.11 Å². The van der Waals surface area contributed by atoms with E-state index in [0.717, 1.165) is 22.4 Å². The van der Waals surface area contributed by atoms with E-state index in [0.29, 0.717) is 12.3 Å². The van der Waals surface area contributed by atoms with Crippen LogP contribution in [-0.4, -0.2) is 18.2 Å². The lowest BCUT2D eigenvalue weighted by molar-refractivity contribution is -0.137. The van der Waals surface area contributed by atoms with Crippen LogP contribution in [0.5, 0.6) is 5.75 Å². The number of nitrogens with two attached hydrogens (primary N) is 1. The summed E-state index contributed by atoms with van der Waals surface area (Å²) in [5, 5.41) is 8.76. The monoisotopic (exact) mass is 265 g/mol. The Morgan fingerprint density at radius 2 is 2.05 bits per heavy atom. The molecule has 0 spiro atoms. The summed E-state index contributed by atoms with van der Waals surface area (Å²) in [5.74, 6) is 0.306. The van der Waals surface area contributed by atoms with Crippen LogP contribution in [0.1, 0.15) is 55.3 Å². The molecule has 3 N–H and O–H groups in total. The average Bonchev–Trinajstić information content (AvgIpc) is 2.34. The van der Waals surface area contributed by atoms with Gasteiger partial charge in [0.05, 0.1) is 7.11 Å². The van der Waals surface area contributed by atoms with Crippen LogP contribution < -0.4 is 10.5 Å². The van der Waals surface area contributed by atoms with Crippen LogP contribution in [0.15, 0.2) is 12.1 Å². The van der Waals surface area contributed by atoms with Crippen LogP contribution in [0.3, 0.4) is 0 Å². The van der Waals surface area contributed by atoms with E-state index in [2.05, 4.69) is 13.8 Å². The van der Waals surface area contributed by atoms with Crippen molar-refractivity contribution in [3.8, 4) is 5.75 Å². The molecule has 0 aromatic heterocycles. The summed E-state index contributed by atoms with van der Waals surface area (Å²) < 4.78 is 5.52. The minimum absolute atomic E-state index is 0.0651. The number of aliphatic carboxylic acids is 1. The van der Waals surface area contributed by atoms with E-state index < -0.39 is 5.97 Å². The molecule has 1 rings (SSSR count). The summed E-state index contributed by atoms with van der Waals surface area (Å²) in [6, 6.07) is 3.75. The van der Waals surface area contributed by atoms with Gasteiger partial charge < -0.3 is 15.6 Å². The second-order valence-corrected chi connectivity index (χ2v) is 5.11. The van der Waals surface area contributed by atoms with Crippen LogP contribution in [0, 0.1) is 6.92 Å². The van der Waals surface area contributed by atoms with Gasteiger partial charge in [-0.3, -0.25) is 4.79 Å². The minimum atomic E-state index is -0.827. The Labute approximate surface area is 114 Å². The van der Waals surface area contributed by atoms with E-state index in [1.807, 2.05) is 19.1 Å². The van der Waals surface area contributed by atoms with Crippen molar-refractivity contribution in [2.24, 2.45) is 5.73 Å². The number of methoxy groups -OCH3 is 1. The van der Waals surface area contributed by atoms with Crippen LogP contribution in [0.4, 0.5) is 0 Å². The minimum Gasteiger partial charge on any atom is -0.496 e. The number of rotatable bonds is 6. The molecule has 0 fully saturated rings. The van der Waals surface area contributed by atoms with Crippen molar-refractivity contribution in [2.45, 2.75) is 45.6 Å². The van der Waals surface area contributed by atoms with Crippen LogP contribution in [0.25, 0.3) is 0 Å². The van der Waals surface area contributed by atoms with Crippen LogP contribution >= 0.6 is 0 Å². The van der Waals surface area contributed by atoms with Crippen molar-refractivity contribution in [1.29, 1.82) is 0 Å². The number of hydrogen-bond donors (Lipinski definition) is 2. The summed E-state index contributed by atoms with van der Waals surface area (Å²) in [5.41, 5.74) is 9.22. The van der Waals surface area contributed by atoms with Crippen molar-refractivity contribution < 1.29 is 14.6 Å². The van der Waals surface area contributed by atoms with E-state index in [-0.39, 0.29) is 12.5 Å². The first-order chi connectivity index (χ1) is 8.88. The maximum Gasteiger partial charge on any atom is 0.303 e. The molecule has 4 nitrogen and oxygen atoms in total. The highest BCUT2D eigenvalue weighted by molar-refractivity contribution is 5.66. The predicted octanol–water partition coefficient (Wildman–Crippen LogP) is 2.99. The summed E-state index contributed by atoms with van der Waals surface area (Å²) in [7, 11) is 1.63. The van der Waals surface area contributed by atoms with Gasteiger partial charge in [0.15, 0.2) is 0 Å². The third kappa shape index (κ3) is 3.70. The number of aryl methyl sites for hydroxylation is 1. The molecule has 1 aromatic rings. The van der Waals surface area contributed by atoms with Crippen molar-refractivity contribution in [3.05, 3.63) is 28.8 Å². The molecule has 0 saturated heterocycles. The predicted molar refractivity (Wildman–Crippen MR) is 75.6 cm³/mol. The van der Waals surface area contributed by atoms with Crippen molar-refractivity contribution in [3.63, 3.8) is 0 Å². The third-order valence-electron chi connectivity index (χ3n) is 3.31. The molecular formula is C15H23NO3. The molecule has 0 radical (unpaired) electrons. The van der Waals surface area contributed by atoms with Gasteiger partial charge in [-0.25, -0.2) is 0 Å². The van der Waals surface area contributed by atoms with Crippen molar-refractivity contribution in [2.75, 3.05) is 7.11 Å². The molecule has 4 heteroatoms. The summed E-state index contributed by atoms with van der Waals surface area (Å²) >= 11 is 0. The summed E-state index contributed by atoms with van der Waals surface area (Å²) in [6.07, 6.45) is 0.476. The maximum absolute atomic E-state index is 10.7. The highest BCUT2D eigenvalue weighted by Gasteiger charge is 2.20. The second kappa shape index (κ2) is 6.57. The van der Waals surface area contributed by atoms with Gasteiger partial charge in [-0.05, 0) is 30.4 Å². The Morgan fingerprint density at radius 1 is 1.42 bits per heavy atom. The molecule has 0 aliphatic rings. The van der Waals surface area contributed by atoms with E-state index >= 15 is 0 Å². The quantitative estimate of drug-likeness (QED) is 0.829. The molecule has 19 heavy (non-hydrogen) atoms. The fourth-order valence-electron chi connectivity index (χ4n) is 2.28. The summed E-state index contributed by atoms with van der Waals surface area (Å²) in [4.78, 5) is 10.7. The van der Waals surface area contributed by atoms with E-state index in [4.69, 9.17) is 15.6 Å². The SMILES string of the molecule is COc1c(C(C)C)ccc(C)c1C(N)CCC(=O)O. The summed E-state index contributed by atoms with van der Waals surface area (Å²) in [6.45, 7) is 6.17. The molecule has 1 aromatic carbocycles. The average molecular weight is 265 g/mol. The number of ether oxygens (including phenoxy) is 1. The number of hydrogen-bond acceptors (Lipinski definition) is 3. The Kier molecular flexibility index (Phi) is 5.36. The molecule has 0 bridgehead atoms. The molecule has 0 aliphatic carbocycles. The Morgan fingerprint density at radius 3 is 2.53 bits per heavy atom. The lowest BCUT2D eigenvalue weighted by atomic mass is 9.91. The van der Waals surface area contributed by atoms with Gasteiger partial charge in [-0.15, -0.1) is 0 Å². The van der Waals surface area contributed by atoms with Gasteiger partial charge in [0.1, 0.15) is 5.75 Å². The Bertz CT molecular complexity index is 455. The normalized spacial score (nSPS) is 12.5. The highest BCUT2D eigenvalue weighted by Crippen LogP contribution is 2.36. The highest BCUT2D eigenvalue weighted by atomic mass is 16.5. The number of carboxylic acids is 1. The maximum atomic E-state index is 10.7. The Balaban J connectivity index is 3.16. The van der Waals surface area contributed by atoms with Gasteiger partial charge in [0, 0.05) is 18.0 Å². The van der Waals surface area contributed by atoms with Gasteiger partial charge in [-0.1, -0.05) is 26.0 Å². The fraction of sp³-hybridized carbons (Fsp3) is 0.533. The van der Waals surface area contributed by atoms with Crippen LogP contribution in [-0.2, 0) is 4.79 Å². The van der Waals surface area contributed by atoms with Gasteiger partial charge >= 0.3 is 5.97 Å². The molecule has 0 heterocycles. The zero-order chi connectivity index (χ0) is 14.6. The topological polar surface area (TPSA) is 72.5 Å². The van der Waals surface area contributed by atoms with Gasteiger partial charge in [0.2, 0.25) is 0 Å². The number of carboxylic acid groups (broad SMARTS) is 1. The molecule has 1 unspecified atom stereocenters. The molecule has 0 amide bonds. The van der Waals surface area contributed by atoms with E-state index in [1.165, 1.54) is 0 Å². The smallest absolute Gasteiger partial charge is 0.303 e. The lowest BCUT2D eigenvalue weighted by Gasteiger charge is -2.22.